The Hall–Kier alpha value is -0.610. The molecule has 0 N–H and O–H groups in total. The highest BCUT2D eigenvalue weighted by Crippen LogP contribution is 2.24. The lowest BCUT2D eigenvalue weighted by Gasteiger charge is -2.38. The van der Waals surface area contributed by atoms with E-state index in [1.165, 1.54) is 25.9 Å². The molecule has 0 aliphatic carbocycles. The fourth-order valence-corrected chi connectivity index (χ4v) is 3.02. The van der Waals surface area contributed by atoms with Gasteiger partial charge in [0.25, 0.3) is 0 Å². The summed E-state index contributed by atoms with van der Waals surface area (Å²) in [5.41, 5.74) is 0. The maximum Gasteiger partial charge on any atom is 0.185 e. The van der Waals surface area contributed by atoms with Gasteiger partial charge < -0.3 is 9.80 Å². The average Bonchev–Trinajstić information content (AvgIpc) is 2.81. The summed E-state index contributed by atoms with van der Waals surface area (Å²) >= 11 is 1.73. The molecular weight excluding hydrogens is 218 g/mol. The molecule has 2 rings (SSSR count). The number of hydrogen-bond donors (Lipinski definition) is 0. The summed E-state index contributed by atoms with van der Waals surface area (Å²) in [4.78, 5) is 9.29. The minimum absolute atomic E-state index is 0.668. The number of aromatic nitrogens is 1. The third-order valence-corrected chi connectivity index (χ3v) is 4.36. The molecule has 3 nitrogen and oxygen atoms in total. The summed E-state index contributed by atoms with van der Waals surface area (Å²) in [5.74, 6) is 0. The lowest BCUT2D eigenvalue weighted by molar-refractivity contribution is 0.171. The maximum atomic E-state index is 4.38. The van der Waals surface area contributed by atoms with Crippen molar-refractivity contribution in [2.24, 2.45) is 0 Å². The molecule has 1 aromatic rings. The molecule has 2 heterocycles. The standard InChI is InChI=1S/C12H21N3S/c1-10(2)15-7-4-11(5-8-15)14(3)12-13-6-9-16-12/h6,9-11H,4-5,7-8H2,1-3H3. The van der Waals surface area contributed by atoms with Crippen LogP contribution in [0.2, 0.25) is 0 Å². The molecule has 0 bridgehead atoms. The molecule has 0 amide bonds. The van der Waals surface area contributed by atoms with Gasteiger partial charge >= 0.3 is 0 Å². The first-order chi connectivity index (χ1) is 7.68. The van der Waals surface area contributed by atoms with Crippen LogP contribution in [0.25, 0.3) is 0 Å². The maximum absolute atomic E-state index is 4.38. The fourth-order valence-electron chi connectivity index (χ4n) is 2.34. The Kier molecular flexibility index (Phi) is 3.82. The molecule has 16 heavy (non-hydrogen) atoms. The number of likely N-dealkylation sites (tertiary alicyclic amines) is 1. The van der Waals surface area contributed by atoms with E-state index >= 15 is 0 Å². The second-order valence-corrected chi connectivity index (χ2v) is 5.66. The van der Waals surface area contributed by atoms with Crippen molar-refractivity contribution in [3.8, 4) is 0 Å². The van der Waals surface area contributed by atoms with Gasteiger partial charge in [0.05, 0.1) is 0 Å². The van der Waals surface area contributed by atoms with Crippen LogP contribution in [0.5, 0.6) is 0 Å². The van der Waals surface area contributed by atoms with E-state index in [2.05, 4.69) is 41.1 Å². The molecule has 1 aromatic heterocycles. The Morgan fingerprint density at radius 1 is 1.44 bits per heavy atom. The lowest BCUT2D eigenvalue weighted by atomic mass is 10.0. The molecule has 0 unspecified atom stereocenters. The Labute approximate surface area is 102 Å². The highest BCUT2D eigenvalue weighted by Gasteiger charge is 2.24. The largest absolute Gasteiger partial charge is 0.348 e. The van der Waals surface area contributed by atoms with E-state index in [0.29, 0.717) is 12.1 Å². The van der Waals surface area contributed by atoms with Crippen molar-refractivity contribution < 1.29 is 0 Å². The zero-order chi connectivity index (χ0) is 11.5. The summed E-state index contributed by atoms with van der Waals surface area (Å²) in [6, 6.07) is 1.35. The van der Waals surface area contributed by atoms with Crippen molar-refractivity contribution in [2.75, 3.05) is 25.0 Å². The van der Waals surface area contributed by atoms with Crippen LogP contribution in [0.3, 0.4) is 0 Å². The van der Waals surface area contributed by atoms with Crippen LogP contribution in [-0.2, 0) is 0 Å². The van der Waals surface area contributed by atoms with Crippen molar-refractivity contribution in [1.82, 2.24) is 9.88 Å². The van der Waals surface area contributed by atoms with E-state index in [-0.39, 0.29) is 0 Å². The SMILES string of the molecule is CC(C)N1CCC(N(C)c2nccs2)CC1. The van der Waals surface area contributed by atoms with Gasteiger partial charge in [0.15, 0.2) is 5.13 Å². The smallest absolute Gasteiger partial charge is 0.185 e. The fraction of sp³-hybridized carbons (Fsp3) is 0.750. The number of rotatable bonds is 3. The Morgan fingerprint density at radius 3 is 2.62 bits per heavy atom. The van der Waals surface area contributed by atoms with Gasteiger partial charge in [-0.1, -0.05) is 0 Å². The van der Waals surface area contributed by atoms with Gasteiger partial charge in [-0.3, -0.25) is 0 Å². The Bertz CT molecular complexity index is 302. The topological polar surface area (TPSA) is 19.4 Å². The van der Waals surface area contributed by atoms with Gasteiger partial charge in [0, 0.05) is 43.8 Å². The zero-order valence-electron chi connectivity index (χ0n) is 10.4. The molecule has 0 spiro atoms. The monoisotopic (exact) mass is 239 g/mol. The second-order valence-electron chi connectivity index (χ2n) is 4.79. The Balaban J connectivity index is 1.89. The number of hydrogen-bond acceptors (Lipinski definition) is 4. The summed E-state index contributed by atoms with van der Waals surface area (Å²) in [6.45, 7) is 7.01. The Morgan fingerprint density at radius 2 is 2.12 bits per heavy atom. The molecule has 0 radical (unpaired) electrons. The van der Waals surface area contributed by atoms with Crippen LogP contribution in [0.15, 0.2) is 11.6 Å². The van der Waals surface area contributed by atoms with Gasteiger partial charge in [-0.15, -0.1) is 11.3 Å². The highest BCUT2D eigenvalue weighted by molar-refractivity contribution is 7.13. The lowest BCUT2D eigenvalue weighted by Crippen LogP contribution is -2.45. The average molecular weight is 239 g/mol. The molecule has 0 saturated carbocycles. The number of thiazole rings is 1. The highest BCUT2D eigenvalue weighted by atomic mass is 32.1. The van der Waals surface area contributed by atoms with Gasteiger partial charge in [0.2, 0.25) is 0 Å². The van der Waals surface area contributed by atoms with Crippen LogP contribution < -0.4 is 4.90 Å². The molecule has 90 valence electrons. The predicted octanol–water partition coefficient (Wildman–Crippen LogP) is 2.45. The minimum atomic E-state index is 0.668. The summed E-state index contributed by atoms with van der Waals surface area (Å²) in [7, 11) is 2.18. The van der Waals surface area contributed by atoms with Crippen LogP contribution in [0.4, 0.5) is 5.13 Å². The zero-order valence-corrected chi connectivity index (χ0v) is 11.2. The molecule has 0 atom stereocenters. The van der Waals surface area contributed by atoms with Gasteiger partial charge in [-0.25, -0.2) is 4.98 Å². The molecule has 1 fully saturated rings. The van der Waals surface area contributed by atoms with Crippen molar-refractivity contribution in [1.29, 1.82) is 0 Å². The van der Waals surface area contributed by atoms with E-state index in [0.717, 1.165) is 5.13 Å². The normalized spacial score (nSPS) is 19.2. The summed E-state index contributed by atoms with van der Waals surface area (Å²) < 4.78 is 0. The minimum Gasteiger partial charge on any atom is -0.348 e. The van der Waals surface area contributed by atoms with Crippen molar-refractivity contribution in [2.45, 2.75) is 38.8 Å². The van der Waals surface area contributed by atoms with E-state index in [1.807, 2.05) is 6.20 Å². The first kappa shape index (κ1) is 11.9. The van der Waals surface area contributed by atoms with Gasteiger partial charge in [0.1, 0.15) is 0 Å². The molecule has 0 aromatic carbocycles. The number of anilines is 1. The van der Waals surface area contributed by atoms with Crippen LogP contribution in [0.1, 0.15) is 26.7 Å². The van der Waals surface area contributed by atoms with Gasteiger partial charge in [-0.2, -0.15) is 0 Å². The predicted molar refractivity (Wildman–Crippen MR) is 70.2 cm³/mol. The van der Waals surface area contributed by atoms with E-state index in [4.69, 9.17) is 0 Å². The number of piperidine rings is 1. The van der Waals surface area contributed by atoms with Crippen molar-refractivity contribution in [3.05, 3.63) is 11.6 Å². The number of nitrogens with zero attached hydrogens (tertiary/aromatic N) is 3. The third-order valence-electron chi connectivity index (χ3n) is 3.50. The first-order valence-electron chi connectivity index (χ1n) is 6.05. The van der Waals surface area contributed by atoms with Crippen LogP contribution in [-0.4, -0.2) is 42.1 Å². The molecule has 1 aliphatic heterocycles. The van der Waals surface area contributed by atoms with Gasteiger partial charge in [-0.05, 0) is 26.7 Å². The van der Waals surface area contributed by atoms with Crippen molar-refractivity contribution in [3.63, 3.8) is 0 Å². The quantitative estimate of drug-likeness (QED) is 0.807. The molecule has 1 saturated heterocycles. The summed E-state index contributed by atoms with van der Waals surface area (Å²) in [6.07, 6.45) is 4.41. The third kappa shape index (κ3) is 2.55. The van der Waals surface area contributed by atoms with E-state index in [9.17, 15) is 0 Å². The molecule has 4 heteroatoms. The molecular formula is C12H21N3S. The van der Waals surface area contributed by atoms with E-state index < -0.39 is 0 Å². The summed E-state index contributed by atoms with van der Waals surface area (Å²) in [5, 5.41) is 3.21. The van der Waals surface area contributed by atoms with Crippen LogP contribution >= 0.6 is 11.3 Å². The first-order valence-corrected chi connectivity index (χ1v) is 6.93. The van der Waals surface area contributed by atoms with Crippen LogP contribution in [0, 0.1) is 0 Å². The van der Waals surface area contributed by atoms with E-state index in [1.54, 1.807) is 11.3 Å². The van der Waals surface area contributed by atoms with Crippen molar-refractivity contribution >= 4 is 16.5 Å². The molecule has 1 aliphatic rings. The second kappa shape index (κ2) is 5.15.